The summed E-state index contributed by atoms with van der Waals surface area (Å²) in [5, 5.41) is 13.1. The van der Waals surface area contributed by atoms with E-state index in [0.29, 0.717) is 5.75 Å². The summed E-state index contributed by atoms with van der Waals surface area (Å²) >= 11 is 0. The van der Waals surface area contributed by atoms with Gasteiger partial charge in [-0.05, 0) is 78.9 Å². The zero-order chi connectivity index (χ0) is 23.3. The van der Waals surface area contributed by atoms with E-state index in [-0.39, 0.29) is 5.92 Å². The molecule has 7 heteroatoms. The number of hydrogen-bond acceptors (Lipinski definition) is 5. The minimum absolute atomic E-state index is 0.0786. The van der Waals surface area contributed by atoms with Crippen LogP contribution in [0.15, 0.2) is 18.2 Å². The maximum Gasteiger partial charge on any atom is 0.410 e. The summed E-state index contributed by atoms with van der Waals surface area (Å²) in [6, 6.07) is 5.72. The Morgan fingerprint density at radius 2 is 1.77 bits per heavy atom. The van der Waals surface area contributed by atoms with E-state index in [1.165, 1.54) is 0 Å². The molecule has 0 saturated heterocycles. The van der Waals surface area contributed by atoms with Gasteiger partial charge in [0.15, 0.2) is 6.23 Å². The average molecular weight is 420 g/mol. The molecule has 0 bridgehead atoms. The van der Waals surface area contributed by atoms with E-state index in [0.717, 1.165) is 17.4 Å². The lowest BCUT2D eigenvalue weighted by Gasteiger charge is -2.37. The number of nitrogens with one attached hydrogen (secondary N) is 1. The van der Waals surface area contributed by atoms with E-state index in [2.05, 4.69) is 5.32 Å². The summed E-state index contributed by atoms with van der Waals surface area (Å²) in [6.07, 6.45) is -0.218. The molecule has 0 heterocycles. The highest BCUT2D eigenvalue weighted by Crippen LogP contribution is 2.25. The highest BCUT2D eigenvalue weighted by atomic mass is 16.6. The van der Waals surface area contributed by atoms with Crippen molar-refractivity contribution in [3.63, 3.8) is 0 Å². The zero-order valence-corrected chi connectivity index (χ0v) is 20.3. The first-order valence-corrected chi connectivity index (χ1v) is 10.6. The molecule has 1 amide bonds. The second-order valence-corrected chi connectivity index (χ2v) is 9.90. The minimum atomic E-state index is -1.01. The van der Waals surface area contributed by atoms with Gasteiger partial charge in [0.05, 0.1) is 11.2 Å². The molecule has 1 radical (unpaired) electrons. The Morgan fingerprint density at radius 1 is 1.17 bits per heavy atom. The molecule has 6 nitrogen and oxygen atoms in total. The number of alkyl carbamates (subject to hydrolysis) is 1. The Hall–Kier alpha value is -1.73. The largest absolute Gasteiger partial charge is 0.470 e. The molecular formula is C23H39BNO5. The van der Waals surface area contributed by atoms with Gasteiger partial charge in [-0.1, -0.05) is 26.0 Å². The average Bonchev–Trinajstić information content (AvgIpc) is 2.58. The number of carbonyl (C=O) groups excluding carboxylic acids is 1. The van der Waals surface area contributed by atoms with Crippen molar-refractivity contribution in [1.82, 2.24) is 5.32 Å². The molecule has 2 unspecified atom stereocenters. The molecule has 0 aliphatic heterocycles. The van der Waals surface area contributed by atoms with Gasteiger partial charge in [0, 0.05) is 5.92 Å². The summed E-state index contributed by atoms with van der Waals surface area (Å²) in [5.74, 6) is 0.727. The predicted octanol–water partition coefficient (Wildman–Crippen LogP) is 4.08. The molecule has 0 spiro atoms. The summed E-state index contributed by atoms with van der Waals surface area (Å²) < 4.78 is 17.4. The van der Waals surface area contributed by atoms with Gasteiger partial charge in [0.2, 0.25) is 0 Å². The van der Waals surface area contributed by atoms with Crippen LogP contribution in [0.25, 0.3) is 0 Å². The van der Waals surface area contributed by atoms with Gasteiger partial charge in [0.1, 0.15) is 11.4 Å². The van der Waals surface area contributed by atoms with Gasteiger partial charge in [-0.2, -0.15) is 0 Å². The quantitative estimate of drug-likeness (QED) is 0.465. The molecule has 0 aliphatic carbocycles. The van der Waals surface area contributed by atoms with E-state index >= 15 is 0 Å². The summed E-state index contributed by atoms with van der Waals surface area (Å²) in [6.45, 7) is 18.6. The van der Waals surface area contributed by atoms with Gasteiger partial charge in [-0.25, -0.2) is 4.79 Å². The molecule has 0 fully saturated rings. The first-order chi connectivity index (χ1) is 13.6. The standard InChI is InChI=1S/C23H39BNO5/c1-11-15(2)19(25-20(26)29-21(4,5)6)28-18-14-17(13-12-16(18)3)24-30-23(9,10)22(7,8)27/h12-15,19,27H,11H2,1-10H3,(H,25,26). The summed E-state index contributed by atoms with van der Waals surface area (Å²) in [7, 11) is 1.61. The lowest BCUT2D eigenvalue weighted by Crippen LogP contribution is -2.49. The lowest BCUT2D eigenvalue weighted by molar-refractivity contribution is -0.0893. The van der Waals surface area contributed by atoms with Crippen LogP contribution in [0.4, 0.5) is 4.79 Å². The fourth-order valence-corrected chi connectivity index (χ4v) is 2.24. The van der Waals surface area contributed by atoms with Crippen LogP contribution in [0.2, 0.25) is 0 Å². The van der Waals surface area contributed by atoms with Crippen LogP contribution in [-0.4, -0.2) is 41.7 Å². The van der Waals surface area contributed by atoms with E-state index in [9.17, 15) is 9.90 Å². The third kappa shape index (κ3) is 8.19. The third-order valence-corrected chi connectivity index (χ3v) is 5.25. The number of benzene rings is 1. The maximum absolute atomic E-state index is 12.3. The van der Waals surface area contributed by atoms with Crippen molar-refractivity contribution >= 4 is 19.0 Å². The van der Waals surface area contributed by atoms with Crippen LogP contribution >= 0.6 is 0 Å². The van der Waals surface area contributed by atoms with Crippen molar-refractivity contribution in [2.24, 2.45) is 5.92 Å². The Labute approximate surface area is 183 Å². The smallest absolute Gasteiger partial charge is 0.410 e. The minimum Gasteiger partial charge on any atom is -0.470 e. The second kappa shape index (κ2) is 10.1. The summed E-state index contributed by atoms with van der Waals surface area (Å²) in [4.78, 5) is 12.3. The van der Waals surface area contributed by atoms with E-state index in [1.807, 2.05) is 73.6 Å². The number of aliphatic hydroxyl groups is 1. The highest BCUT2D eigenvalue weighted by Gasteiger charge is 2.35. The van der Waals surface area contributed by atoms with Gasteiger partial charge in [-0.3, -0.25) is 5.32 Å². The number of hydrogen-bond donors (Lipinski definition) is 2. The topological polar surface area (TPSA) is 77.0 Å². The molecule has 2 atom stereocenters. The van der Waals surface area contributed by atoms with Crippen LogP contribution in [0.1, 0.15) is 74.3 Å². The molecule has 30 heavy (non-hydrogen) atoms. The fraction of sp³-hybridized carbons (Fsp3) is 0.696. The van der Waals surface area contributed by atoms with Crippen molar-refractivity contribution in [3.05, 3.63) is 23.8 Å². The Balaban J connectivity index is 2.97. The molecule has 1 rings (SSSR count). The molecular weight excluding hydrogens is 381 g/mol. The fourth-order valence-electron chi connectivity index (χ4n) is 2.24. The van der Waals surface area contributed by atoms with Gasteiger partial charge >= 0.3 is 13.6 Å². The number of ether oxygens (including phenoxy) is 2. The number of carbonyl (C=O) groups is 1. The Morgan fingerprint density at radius 3 is 2.27 bits per heavy atom. The number of rotatable bonds is 9. The van der Waals surface area contributed by atoms with Crippen LogP contribution in [-0.2, 0) is 9.39 Å². The third-order valence-electron chi connectivity index (χ3n) is 5.25. The van der Waals surface area contributed by atoms with Gasteiger partial charge in [-0.15, -0.1) is 0 Å². The molecule has 0 saturated carbocycles. The van der Waals surface area contributed by atoms with E-state index in [1.54, 1.807) is 21.3 Å². The first-order valence-electron chi connectivity index (χ1n) is 10.6. The molecule has 0 aromatic heterocycles. The monoisotopic (exact) mass is 420 g/mol. The van der Waals surface area contributed by atoms with E-state index in [4.69, 9.17) is 14.1 Å². The molecule has 2 N–H and O–H groups in total. The Bertz CT molecular complexity index is 707. The van der Waals surface area contributed by atoms with Crippen molar-refractivity contribution in [3.8, 4) is 5.75 Å². The Kier molecular flexibility index (Phi) is 8.82. The second-order valence-electron chi connectivity index (χ2n) is 9.90. The number of amides is 1. The van der Waals surface area contributed by atoms with Crippen LogP contribution < -0.4 is 15.5 Å². The molecule has 0 aliphatic rings. The van der Waals surface area contributed by atoms with Crippen molar-refractivity contribution < 1.29 is 24.0 Å². The van der Waals surface area contributed by atoms with Gasteiger partial charge in [0.25, 0.3) is 0 Å². The van der Waals surface area contributed by atoms with Gasteiger partial charge < -0.3 is 19.2 Å². The molecule has 1 aromatic rings. The SMILES string of the molecule is CCC(C)C(NC(=O)OC(C)(C)C)Oc1cc([B]OC(C)(C)C(C)(C)O)ccc1C. The van der Waals surface area contributed by atoms with E-state index < -0.39 is 29.1 Å². The number of aryl methyl sites for hydroxylation is 1. The first kappa shape index (κ1) is 26.3. The molecule has 169 valence electrons. The van der Waals surface area contributed by atoms with Crippen LogP contribution in [0.5, 0.6) is 5.75 Å². The van der Waals surface area contributed by atoms with Crippen molar-refractivity contribution in [2.75, 3.05) is 0 Å². The normalized spacial score (nSPS) is 14.6. The van der Waals surface area contributed by atoms with Crippen molar-refractivity contribution in [1.29, 1.82) is 0 Å². The predicted molar refractivity (Wildman–Crippen MR) is 121 cm³/mol. The van der Waals surface area contributed by atoms with Crippen LogP contribution in [0, 0.1) is 12.8 Å². The lowest BCUT2D eigenvalue weighted by atomic mass is 9.82. The maximum atomic E-state index is 12.3. The zero-order valence-electron chi connectivity index (χ0n) is 20.3. The molecule has 1 aromatic carbocycles. The van der Waals surface area contributed by atoms with Crippen molar-refractivity contribution in [2.45, 2.75) is 98.7 Å². The summed E-state index contributed by atoms with van der Waals surface area (Å²) in [5.41, 5.74) is -0.621. The van der Waals surface area contributed by atoms with Crippen LogP contribution in [0.3, 0.4) is 0 Å². The highest BCUT2D eigenvalue weighted by molar-refractivity contribution is 6.47.